The first kappa shape index (κ1) is 12.3. The Hall–Kier alpha value is -2.70. The van der Waals surface area contributed by atoms with E-state index in [0.29, 0.717) is 6.42 Å². The van der Waals surface area contributed by atoms with E-state index in [9.17, 15) is 9.59 Å². The van der Waals surface area contributed by atoms with E-state index in [1.165, 1.54) is 0 Å². The number of aliphatic imine (C=N–C) groups is 1. The van der Waals surface area contributed by atoms with Gasteiger partial charge in [0.1, 0.15) is 12.3 Å². The number of carbonyl (C=O) groups excluding carboxylic acids is 2. The second kappa shape index (κ2) is 5.12. The van der Waals surface area contributed by atoms with E-state index in [2.05, 4.69) is 20.8 Å². The van der Waals surface area contributed by atoms with Gasteiger partial charge in [-0.05, 0) is 5.56 Å². The van der Waals surface area contributed by atoms with Gasteiger partial charge in [0.25, 0.3) is 5.91 Å². The molecule has 2 heterocycles. The predicted molar refractivity (Wildman–Crippen MR) is 70.9 cm³/mol. The maximum Gasteiger partial charge on any atom is 0.275 e. The first-order valence-corrected chi connectivity index (χ1v) is 6.15. The molecule has 3 rings (SSSR count). The Morgan fingerprint density at radius 2 is 2.15 bits per heavy atom. The van der Waals surface area contributed by atoms with E-state index in [4.69, 9.17) is 4.84 Å². The fourth-order valence-electron chi connectivity index (χ4n) is 1.97. The maximum absolute atomic E-state index is 11.9. The van der Waals surface area contributed by atoms with Crippen LogP contribution < -0.4 is 10.6 Å². The molecule has 0 spiro atoms. The van der Waals surface area contributed by atoms with Crippen molar-refractivity contribution in [2.24, 2.45) is 10.1 Å². The van der Waals surface area contributed by atoms with Crippen molar-refractivity contribution in [2.75, 3.05) is 6.54 Å². The molecule has 0 fully saturated rings. The molecule has 102 valence electrons. The van der Waals surface area contributed by atoms with Crippen LogP contribution in [0.3, 0.4) is 0 Å². The van der Waals surface area contributed by atoms with Crippen LogP contribution in [0, 0.1) is 0 Å². The van der Waals surface area contributed by atoms with E-state index in [0.717, 1.165) is 5.56 Å². The molecule has 7 heteroatoms. The lowest BCUT2D eigenvalue weighted by atomic mass is 10.0. The molecule has 7 nitrogen and oxygen atoms in total. The second-order valence-corrected chi connectivity index (χ2v) is 4.41. The Kier molecular flexibility index (Phi) is 3.16. The van der Waals surface area contributed by atoms with E-state index >= 15 is 0 Å². The summed E-state index contributed by atoms with van der Waals surface area (Å²) in [7, 11) is 0. The van der Waals surface area contributed by atoms with Gasteiger partial charge >= 0.3 is 0 Å². The highest BCUT2D eigenvalue weighted by atomic mass is 16.6. The summed E-state index contributed by atoms with van der Waals surface area (Å²) in [4.78, 5) is 32.0. The summed E-state index contributed by atoms with van der Waals surface area (Å²) in [6.45, 7) is 0.0330. The smallest absolute Gasteiger partial charge is 0.275 e. The molecule has 0 aromatic heterocycles. The molecule has 1 aromatic carbocycles. The number of oxime groups is 1. The lowest BCUT2D eigenvalue weighted by molar-refractivity contribution is -0.117. The van der Waals surface area contributed by atoms with Crippen molar-refractivity contribution >= 4 is 23.5 Å². The number of carbonyl (C=O) groups is 2. The average Bonchev–Trinajstić information content (AvgIpc) is 3.09. The number of hydrogen-bond acceptors (Lipinski definition) is 5. The first-order valence-electron chi connectivity index (χ1n) is 6.15. The number of hydrogen-bond donors (Lipinski definition) is 2. The molecule has 1 aromatic rings. The van der Waals surface area contributed by atoms with E-state index in [1.807, 2.05) is 30.3 Å². The number of nitrogens with zero attached hydrogens (tertiary/aromatic N) is 2. The van der Waals surface area contributed by atoms with Gasteiger partial charge in [0.05, 0.1) is 0 Å². The van der Waals surface area contributed by atoms with Crippen LogP contribution in [-0.4, -0.2) is 30.0 Å². The van der Waals surface area contributed by atoms with Crippen LogP contribution in [0.15, 0.2) is 40.5 Å². The third kappa shape index (κ3) is 2.51. The molecular weight excluding hydrogens is 260 g/mol. The summed E-state index contributed by atoms with van der Waals surface area (Å²) in [6.07, 6.45) is 0.133. The summed E-state index contributed by atoms with van der Waals surface area (Å²) in [5, 5.41) is 8.72. The minimum atomic E-state index is -0.413. The molecule has 2 N–H and O–H groups in total. The maximum atomic E-state index is 11.9. The van der Waals surface area contributed by atoms with E-state index in [-0.39, 0.29) is 30.2 Å². The fourth-order valence-corrected chi connectivity index (χ4v) is 1.97. The first-order chi connectivity index (χ1) is 9.72. The molecule has 2 aliphatic rings. The van der Waals surface area contributed by atoms with Gasteiger partial charge in [-0.15, -0.1) is 0 Å². The standard InChI is InChI=1S/C13H12N4O3/c18-11-7-14-13(15-11)16-12(19)9-6-10(20-17-9)8-4-2-1-3-5-8/h1-5,10H,6-7H2,(H2,14,15,16,18,19)/t10-/m0/s1. The van der Waals surface area contributed by atoms with Crippen LogP contribution >= 0.6 is 0 Å². The highest BCUT2D eigenvalue weighted by Crippen LogP contribution is 2.26. The SMILES string of the molecule is O=C1CN=C(NC(=O)C2=NO[C@H](c3ccccc3)C2)N1. The molecule has 0 saturated carbocycles. The Morgan fingerprint density at radius 1 is 1.35 bits per heavy atom. The molecule has 2 aliphatic heterocycles. The van der Waals surface area contributed by atoms with E-state index < -0.39 is 5.91 Å². The molecule has 0 radical (unpaired) electrons. The number of guanidine groups is 1. The van der Waals surface area contributed by atoms with Crippen LogP contribution in [0.5, 0.6) is 0 Å². The van der Waals surface area contributed by atoms with Gasteiger partial charge in [-0.2, -0.15) is 0 Å². The third-order valence-electron chi connectivity index (χ3n) is 2.97. The molecule has 2 amide bonds. The Balaban J connectivity index is 1.59. The van der Waals surface area contributed by atoms with Crippen LogP contribution in [-0.2, 0) is 14.4 Å². The van der Waals surface area contributed by atoms with Crippen molar-refractivity contribution in [3.63, 3.8) is 0 Å². The second-order valence-electron chi connectivity index (χ2n) is 4.41. The van der Waals surface area contributed by atoms with Gasteiger partial charge in [-0.25, -0.2) is 4.99 Å². The van der Waals surface area contributed by atoms with Crippen molar-refractivity contribution < 1.29 is 14.4 Å². The van der Waals surface area contributed by atoms with Crippen molar-refractivity contribution in [3.05, 3.63) is 35.9 Å². The van der Waals surface area contributed by atoms with Gasteiger partial charge in [-0.1, -0.05) is 35.5 Å². The summed E-state index contributed by atoms with van der Waals surface area (Å²) in [5.41, 5.74) is 1.24. The molecular formula is C13H12N4O3. The minimum Gasteiger partial charge on any atom is -0.387 e. The monoisotopic (exact) mass is 272 g/mol. The zero-order valence-corrected chi connectivity index (χ0v) is 10.5. The summed E-state index contributed by atoms with van der Waals surface area (Å²) >= 11 is 0. The van der Waals surface area contributed by atoms with Crippen molar-refractivity contribution in [1.29, 1.82) is 0 Å². The molecule has 1 atom stereocenters. The summed E-state index contributed by atoms with van der Waals surface area (Å²) < 4.78 is 0. The van der Waals surface area contributed by atoms with Gasteiger partial charge in [0.2, 0.25) is 11.9 Å². The van der Waals surface area contributed by atoms with Crippen LogP contribution in [0.4, 0.5) is 0 Å². The highest BCUT2D eigenvalue weighted by Gasteiger charge is 2.28. The van der Waals surface area contributed by atoms with Crippen molar-refractivity contribution in [2.45, 2.75) is 12.5 Å². The van der Waals surface area contributed by atoms with Crippen LogP contribution in [0.25, 0.3) is 0 Å². The third-order valence-corrected chi connectivity index (χ3v) is 2.97. The summed E-state index contributed by atoms with van der Waals surface area (Å²) in [6, 6.07) is 9.55. The Morgan fingerprint density at radius 3 is 2.85 bits per heavy atom. The molecule has 0 saturated heterocycles. The molecule has 0 aliphatic carbocycles. The molecule has 0 unspecified atom stereocenters. The molecule has 0 bridgehead atoms. The lowest BCUT2D eigenvalue weighted by Crippen LogP contribution is -2.42. The van der Waals surface area contributed by atoms with Crippen LogP contribution in [0.2, 0.25) is 0 Å². The van der Waals surface area contributed by atoms with Gasteiger partial charge in [0, 0.05) is 6.42 Å². The highest BCUT2D eigenvalue weighted by molar-refractivity contribution is 6.42. The molecule has 20 heavy (non-hydrogen) atoms. The van der Waals surface area contributed by atoms with Gasteiger partial charge in [0.15, 0.2) is 6.10 Å². The number of rotatable bonds is 2. The van der Waals surface area contributed by atoms with Gasteiger partial charge < -0.3 is 4.84 Å². The topological polar surface area (TPSA) is 92.2 Å². The quantitative estimate of drug-likeness (QED) is 0.800. The van der Waals surface area contributed by atoms with Crippen molar-refractivity contribution in [1.82, 2.24) is 10.6 Å². The van der Waals surface area contributed by atoms with Crippen LogP contribution in [0.1, 0.15) is 18.1 Å². The predicted octanol–water partition coefficient (Wildman–Crippen LogP) is 0.106. The van der Waals surface area contributed by atoms with Crippen molar-refractivity contribution in [3.8, 4) is 0 Å². The Bertz CT molecular complexity index is 609. The number of amides is 2. The number of nitrogens with one attached hydrogen (secondary N) is 2. The summed E-state index contributed by atoms with van der Waals surface area (Å²) in [5.74, 6) is -0.498. The van der Waals surface area contributed by atoms with E-state index in [1.54, 1.807) is 0 Å². The minimum absolute atomic E-state index is 0.0330. The Labute approximate surface area is 114 Å². The fraction of sp³-hybridized carbons (Fsp3) is 0.231. The average molecular weight is 272 g/mol. The van der Waals surface area contributed by atoms with Gasteiger partial charge in [-0.3, -0.25) is 20.2 Å². The lowest BCUT2D eigenvalue weighted by Gasteiger charge is -2.07. The number of benzene rings is 1. The largest absolute Gasteiger partial charge is 0.387 e. The zero-order chi connectivity index (χ0) is 13.9. The normalized spacial score (nSPS) is 20.8. The zero-order valence-electron chi connectivity index (χ0n) is 10.5.